The number of aliphatic carboxylic acids is 1. The molecule has 3 aliphatic rings. The molecule has 2 atom stereocenters. The van der Waals surface area contributed by atoms with E-state index in [0.717, 1.165) is 51.1 Å². The molecule has 4 heterocycles. The molecule has 0 radical (unpaired) electrons. The first-order valence-electron chi connectivity index (χ1n) is 9.56. The van der Waals surface area contributed by atoms with Crippen LogP contribution in [0.5, 0.6) is 0 Å². The van der Waals surface area contributed by atoms with E-state index in [1.807, 2.05) is 11.6 Å². The van der Waals surface area contributed by atoms with Crippen LogP contribution < -0.4 is 0 Å². The lowest BCUT2D eigenvalue weighted by molar-refractivity contribution is -0.192. The van der Waals surface area contributed by atoms with Gasteiger partial charge in [0.15, 0.2) is 0 Å². The van der Waals surface area contributed by atoms with Gasteiger partial charge in [-0.25, -0.2) is 9.78 Å². The van der Waals surface area contributed by atoms with Gasteiger partial charge in [-0.05, 0) is 12.8 Å². The van der Waals surface area contributed by atoms with Crippen molar-refractivity contribution in [2.45, 2.75) is 37.9 Å². The SMILES string of the molecule is O=C(O)C(F)(F)F.c1csc(CN2C[C@@H]3COC[C@]3(Cc3nnc(C4CC4)o3)C2)n1. The third-order valence-electron chi connectivity index (χ3n) is 5.59. The molecule has 164 valence electrons. The molecule has 30 heavy (non-hydrogen) atoms. The maximum absolute atomic E-state index is 10.6. The van der Waals surface area contributed by atoms with Crippen molar-refractivity contribution in [3.05, 3.63) is 28.4 Å². The summed E-state index contributed by atoms with van der Waals surface area (Å²) >= 11 is 1.73. The molecule has 1 aliphatic carbocycles. The minimum absolute atomic E-state index is 0.130. The van der Waals surface area contributed by atoms with Crippen molar-refractivity contribution in [1.29, 1.82) is 0 Å². The maximum Gasteiger partial charge on any atom is 0.490 e. The number of aromatic nitrogens is 3. The lowest BCUT2D eigenvalue weighted by atomic mass is 9.78. The standard InChI is InChI=1S/C16H20N4O2S.C2HF3O2/c1-2-11(1)15-19-18-13(22-15)5-16-9-20(6-12(16)8-21-10-16)7-14-17-3-4-23-14;3-2(4,5)1(6)7/h3-4,11-12H,1-2,5-10H2;(H,6,7)/t12-,16+;/m1./s1. The number of carbonyl (C=O) groups is 1. The third-order valence-corrected chi connectivity index (χ3v) is 6.35. The molecule has 5 rings (SSSR count). The number of alkyl halides is 3. The summed E-state index contributed by atoms with van der Waals surface area (Å²) in [6, 6.07) is 0. The molecule has 0 unspecified atom stereocenters. The second-order valence-corrected chi connectivity index (χ2v) is 8.94. The Morgan fingerprint density at radius 3 is 2.77 bits per heavy atom. The summed E-state index contributed by atoms with van der Waals surface area (Å²) in [5.41, 5.74) is 0.130. The number of halogens is 3. The Bertz CT molecular complexity index is 871. The van der Waals surface area contributed by atoms with E-state index >= 15 is 0 Å². The largest absolute Gasteiger partial charge is 0.490 e. The Hall–Kier alpha value is -2.05. The molecule has 0 amide bonds. The lowest BCUT2D eigenvalue weighted by Crippen LogP contribution is -2.33. The van der Waals surface area contributed by atoms with E-state index in [9.17, 15) is 13.2 Å². The van der Waals surface area contributed by atoms with Crippen LogP contribution in [-0.4, -0.2) is 63.6 Å². The van der Waals surface area contributed by atoms with Gasteiger partial charge in [-0.2, -0.15) is 13.2 Å². The van der Waals surface area contributed by atoms with E-state index < -0.39 is 12.1 Å². The average Bonchev–Trinajstić information content (AvgIpc) is 3.02. The van der Waals surface area contributed by atoms with Gasteiger partial charge in [0.25, 0.3) is 0 Å². The first-order chi connectivity index (χ1) is 14.2. The molecule has 0 bridgehead atoms. The topological polar surface area (TPSA) is 102 Å². The highest BCUT2D eigenvalue weighted by Gasteiger charge is 2.51. The predicted octanol–water partition coefficient (Wildman–Crippen LogP) is 2.73. The zero-order valence-electron chi connectivity index (χ0n) is 16.0. The number of hydrogen-bond acceptors (Lipinski definition) is 8. The smallest absolute Gasteiger partial charge is 0.475 e. The summed E-state index contributed by atoms with van der Waals surface area (Å²) in [6.07, 6.45) is 0.0274. The average molecular weight is 446 g/mol. The fourth-order valence-electron chi connectivity index (χ4n) is 3.97. The summed E-state index contributed by atoms with van der Waals surface area (Å²) in [5, 5.41) is 18.9. The summed E-state index contributed by atoms with van der Waals surface area (Å²) in [7, 11) is 0. The minimum Gasteiger partial charge on any atom is -0.475 e. The quantitative estimate of drug-likeness (QED) is 0.748. The molecule has 3 fully saturated rings. The van der Waals surface area contributed by atoms with Gasteiger partial charge in [0.2, 0.25) is 11.8 Å². The fourth-order valence-corrected chi connectivity index (χ4v) is 4.63. The van der Waals surface area contributed by atoms with Crippen LogP contribution in [0.1, 0.15) is 35.5 Å². The number of likely N-dealkylation sites (tertiary alicyclic amines) is 1. The van der Waals surface area contributed by atoms with Crippen LogP contribution >= 0.6 is 11.3 Å². The van der Waals surface area contributed by atoms with Crippen molar-refractivity contribution in [1.82, 2.24) is 20.1 Å². The van der Waals surface area contributed by atoms with E-state index in [0.29, 0.717) is 11.8 Å². The number of ether oxygens (including phenoxy) is 1. The molecular formula is C18H21F3N4O4S. The molecule has 12 heteroatoms. The zero-order chi connectivity index (χ0) is 21.4. The van der Waals surface area contributed by atoms with Crippen LogP contribution in [0.2, 0.25) is 0 Å². The first kappa shape index (κ1) is 21.2. The van der Waals surface area contributed by atoms with Crippen molar-refractivity contribution >= 4 is 17.3 Å². The van der Waals surface area contributed by atoms with Gasteiger partial charge in [0.1, 0.15) is 5.01 Å². The van der Waals surface area contributed by atoms with E-state index in [-0.39, 0.29) is 5.41 Å². The molecule has 2 aromatic heterocycles. The summed E-state index contributed by atoms with van der Waals surface area (Å²) in [6.45, 7) is 4.68. The first-order valence-corrected chi connectivity index (χ1v) is 10.4. The number of hydrogen-bond donors (Lipinski definition) is 1. The Morgan fingerprint density at radius 2 is 2.13 bits per heavy atom. The second kappa shape index (κ2) is 8.23. The minimum atomic E-state index is -5.08. The monoisotopic (exact) mass is 446 g/mol. The Balaban J connectivity index is 0.000000272. The van der Waals surface area contributed by atoms with Gasteiger partial charge in [-0.1, -0.05) is 0 Å². The van der Waals surface area contributed by atoms with Crippen molar-refractivity contribution in [2.24, 2.45) is 11.3 Å². The van der Waals surface area contributed by atoms with Gasteiger partial charge < -0.3 is 14.3 Å². The maximum atomic E-state index is 10.6. The Kier molecular flexibility index (Phi) is 5.82. The molecule has 8 nitrogen and oxygen atoms in total. The Labute approximate surface area is 174 Å². The van der Waals surface area contributed by atoms with E-state index in [1.54, 1.807) is 11.3 Å². The fraction of sp³-hybridized carbons (Fsp3) is 0.667. The molecule has 2 aromatic rings. The van der Waals surface area contributed by atoms with Crippen LogP contribution in [0.25, 0.3) is 0 Å². The van der Waals surface area contributed by atoms with E-state index in [4.69, 9.17) is 19.1 Å². The van der Waals surface area contributed by atoms with Gasteiger partial charge in [0, 0.05) is 48.3 Å². The predicted molar refractivity (Wildman–Crippen MR) is 97.8 cm³/mol. The van der Waals surface area contributed by atoms with Crippen molar-refractivity contribution in [3.8, 4) is 0 Å². The Morgan fingerprint density at radius 1 is 1.37 bits per heavy atom. The highest BCUT2D eigenvalue weighted by Crippen LogP contribution is 2.45. The zero-order valence-corrected chi connectivity index (χ0v) is 16.8. The van der Waals surface area contributed by atoms with Crippen LogP contribution in [-0.2, 0) is 22.5 Å². The molecular weight excluding hydrogens is 425 g/mol. The molecule has 1 N–H and O–H groups in total. The molecule has 0 aromatic carbocycles. The van der Waals surface area contributed by atoms with E-state index in [1.165, 1.54) is 17.8 Å². The molecule has 2 saturated heterocycles. The van der Waals surface area contributed by atoms with Gasteiger partial charge in [-0.15, -0.1) is 21.5 Å². The highest BCUT2D eigenvalue weighted by molar-refractivity contribution is 7.09. The number of carboxylic acids is 1. The summed E-state index contributed by atoms with van der Waals surface area (Å²) in [5.74, 6) is -0.0522. The van der Waals surface area contributed by atoms with Crippen molar-refractivity contribution in [2.75, 3.05) is 26.3 Å². The molecule has 2 aliphatic heterocycles. The summed E-state index contributed by atoms with van der Waals surface area (Å²) < 4.78 is 43.5. The van der Waals surface area contributed by atoms with Crippen LogP contribution in [0.4, 0.5) is 13.2 Å². The van der Waals surface area contributed by atoms with E-state index in [2.05, 4.69) is 20.1 Å². The van der Waals surface area contributed by atoms with Crippen molar-refractivity contribution < 1.29 is 32.2 Å². The molecule has 0 spiro atoms. The van der Waals surface area contributed by atoms with Gasteiger partial charge in [0.05, 0.1) is 19.8 Å². The number of rotatable bonds is 5. The van der Waals surface area contributed by atoms with Gasteiger partial charge >= 0.3 is 12.1 Å². The van der Waals surface area contributed by atoms with Gasteiger partial charge in [-0.3, -0.25) is 4.90 Å². The van der Waals surface area contributed by atoms with Crippen LogP contribution in [0.3, 0.4) is 0 Å². The lowest BCUT2D eigenvalue weighted by Gasteiger charge is -2.25. The van der Waals surface area contributed by atoms with Crippen molar-refractivity contribution in [3.63, 3.8) is 0 Å². The second-order valence-electron chi connectivity index (χ2n) is 7.96. The normalized spacial score (nSPS) is 26.3. The van der Waals surface area contributed by atoms with Crippen LogP contribution in [0.15, 0.2) is 16.0 Å². The number of fused-ring (bicyclic) bond motifs is 1. The van der Waals surface area contributed by atoms with Crippen LogP contribution in [0, 0.1) is 11.3 Å². The number of thiazole rings is 1. The molecule has 1 saturated carbocycles. The summed E-state index contributed by atoms with van der Waals surface area (Å²) in [4.78, 5) is 15.8. The highest BCUT2D eigenvalue weighted by atomic mass is 32.1. The number of carboxylic acid groups (broad SMARTS) is 1. The number of nitrogens with zero attached hydrogens (tertiary/aromatic N) is 4. The third kappa shape index (κ3) is 4.81.